The fourth-order valence-electron chi connectivity index (χ4n) is 3.92. The molecule has 4 aromatic heterocycles. The van der Waals surface area contributed by atoms with E-state index in [-0.39, 0.29) is 11.8 Å². The summed E-state index contributed by atoms with van der Waals surface area (Å²) in [5.74, 6) is 2.04. The van der Waals surface area contributed by atoms with Gasteiger partial charge in [0.15, 0.2) is 5.82 Å². The lowest BCUT2D eigenvalue weighted by atomic mass is 9.96. The predicted octanol–water partition coefficient (Wildman–Crippen LogP) is 3.48. The molecule has 1 amide bonds. The first-order valence-electron chi connectivity index (χ1n) is 9.91. The van der Waals surface area contributed by atoms with Crippen LogP contribution >= 0.6 is 0 Å². The third kappa shape index (κ3) is 3.49. The van der Waals surface area contributed by atoms with Crippen LogP contribution in [0, 0.1) is 0 Å². The number of hydrogen-bond acceptors (Lipinski definition) is 7. The van der Waals surface area contributed by atoms with Crippen molar-refractivity contribution in [1.82, 2.24) is 30.0 Å². The molecule has 152 valence electrons. The first-order chi connectivity index (χ1) is 14.7. The van der Waals surface area contributed by atoms with E-state index < -0.39 is 0 Å². The number of carbonyl (C=O) groups is 1. The Morgan fingerprint density at radius 3 is 3.03 bits per heavy atom. The van der Waals surface area contributed by atoms with Crippen molar-refractivity contribution in [1.29, 1.82) is 0 Å². The van der Waals surface area contributed by atoms with Crippen LogP contribution in [0.25, 0.3) is 22.2 Å². The summed E-state index contributed by atoms with van der Waals surface area (Å²) in [6.45, 7) is 3.01. The van der Waals surface area contributed by atoms with Gasteiger partial charge in [-0.1, -0.05) is 5.16 Å². The lowest BCUT2D eigenvalue weighted by Crippen LogP contribution is -2.38. The highest BCUT2D eigenvalue weighted by Crippen LogP contribution is 2.31. The largest absolute Gasteiger partial charge is 0.363 e. The lowest BCUT2D eigenvalue weighted by molar-refractivity contribution is -0.130. The maximum absolute atomic E-state index is 11.9. The zero-order chi connectivity index (χ0) is 20.5. The Bertz CT molecular complexity index is 1190. The van der Waals surface area contributed by atoms with Crippen molar-refractivity contribution >= 4 is 28.4 Å². The molecule has 1 unspecified atom stereocenters. The minimum absolute atomic E-state index is 0.0684. The summed E-state index contributed by atoms with van der Waals surface area (Å²) >= 11 is 0. The molecule has 1 aliphatic heterocycles. The van der Waals surface area contributed by atoms with E-state index in [0.29, 0.717) is 24.0 Å². The zero-order valence-electron chi connectivity index (χ0n) is 16.5. The van der Waals surface area contributed by atoms with Crippen LogP contribution in [0.5, 0.6) is 0 Å². The number of carbonyl (C=O) groups excluding carboxylic acids is 1. The molecule has 0 radical (unpaired) electrons. The summed E-state index contributed by atoms with van der Waals surface area (Å²) in [5.41, 5.74) is 2.63. The molecule has 5 rings (SSSR count). The average molecular weight is 403 g/mol. The van der Waals surface area contributed by atoms with Crippen LogP contribution in [0.3, 0.4) is 0 Å². The van der Waals surface area contributed by atoms with Crippen LogP contribution < -0.4 is 5.32 Å². The summed E-state index contributed by atoms with van der Waals surface area (Å²) in [4.78, 5) is 30.9. The highest BCUT2D eigenvalue weighted by atomic mass is 16.5. The maximum atomic E-state index is 11.9. The number of piperidine rings is 1. The van der Waals surface area contributed by atoms with Gasteiger partial charge in [0.25, 0.3) is 0 Å². The molecule has 2 N–H and O–H groups in total. The number of nitrogens with zero attached hydrogens (tertiary/aromatic N) is 5. The molecule has 9 heteroatoms. The van der Waals surface area contributed by atoms with E-state index in [0.717, 1.165) is 41.5 Å². The molecule has 4 aromatic rings. The van der Waals surface area contributed by atoms with E-state index in [9.17, 15) is 4.79 Å². The number of H-pyrrole nitrogens is 1. The Hall–Kier alpha value is -3.75. The second kappa shape index (κ2) is 7.58. The number of pyridine rings is 1. The number of anilines is 2. The summed E-state index contributed by atoms with van der Waals surface area (Å²) in [6.07, 6.45) is 8.86. The van der Waals surface area contributed by atoms with E-state index >= 15 is 0 Å². The Kier molecular flexibility index (Phi) is 4.62. The monoisotopic (exact) mass is 403 g/mol. The zero-order valence-corrected chi connectivity index (χ0v) is 16.5. The van der Waals surface area contributed by atoms with Crippen LogP contribution in [-0.4, -0.2) is 49.0 Å². The summed E-state index contributed by atoms with van der Waals surface area (Å²) < 4.78 is 4.92. The first-order valence-corrected chi connectivity index (χ1v) is 9.91. The molecule has 1 saturated heterocycles. The highest BCUT2D eigenvalue weighted by Gasteiger charge is 2.26. The van der Waals surface area contributed by atoms with Crippen LogP contribution in [0.2, 0.25) is 0 Å². The molecule has 0 spiro atoms. The van der Waals surface area contributed by atoms with Crippen molar-refractivity contribution in [3.05, 3.63) is 48.9 Å². The van der Waals surface area contributed by atoms with Crippen LogP contribution in [-0.2, 0) is 4.79 Å². The molecular formula is C21H21N7O2. The number of likely N-dealkylation sites (tertiary alicyclic amines) is 1. The van der Waals surface area contributed by atoms with Crippen molar-refractivity contribution in [3.8, 4) is 11.3 Å². The predicted molar refractivity (Wildman–Crippen MR) is 111 cm³/mol. The second-order valence-corrected chi connectivity index (χ2v) is 7.44. The van der Waals surface area contributed by atoms with Gasteiger partial charge in [0.1, 0.15) is 17.9 Å². The molecule has 1 aliphatic rings. The van der Waals surface area contributed by atoms with Gasteiger partial charge >= 0.3 is 0 Å². The molecule has 0 aliphatic carbocycles. The van der Waals surface area contributed by atoms with Crippen molar-refractivity contribution in [2.75, 3.05) is 18.4 Å². The molecule has 5 heterocycles. The third-order valence-corrected chi connectivity index (χ3v) is 5.42. The average Bonchev–Trinajstić information content (AvgIpc) is 3.45. The number of aromatic nitrogens is 5. The number of amides is 1. The van der Waals surface area contributed by atoms with Crippen molar-refractivity contribution in [3.63, 3.8) is 0 Å². The first kappa shape index (κ1) is 18.3. The number of aromatic amines is 1. The van der Waals surface area contributed by atoms with E-state index in [2.05, 4.69) is 20.4 Å². The normalized spacial score (nSPS) is 16.7. The van der Waals surface area contributed by atoms with Gasteiger partial charge in [-0.2, -0.15) is 0 Å². The molecule has 0 bridgehead atoms. The van der Waals surface area contributed by atoms with E-state index in [1.165, 1.54) is 6.26 Å². The quantitative estimate of drug-likeness (QED) is 0.536. The number of rotatable bonds is 4. The van der Waals surface area contributed by atoms with E-state index in [1.54, 1.807) is 19.2 Å². The van der Waals surface area contributed by atoms with Crippen LogP contribution in [0.4, 0.5) is 11.6 Å². The number of hydrogen-bond donors (Lipinski definition) is 2. The topological polar surface area (TPSA) is 113 Å². The summed E-state index contributed by atoms with van der Waals surface area (Å²) in [5, 5.41) is 8.14. The Morgan fingerprint density at radius 2 is 2.20 bits per heavy atom. The fraction of sp³-hybridized carbons (Fsp3) is 0.286. The van der Waals surface area contributed by atoms with E-state index in [1.807, 2.05) is 29.4 Å². The van der Waals surface area contributed by atoms with Gasteiger partial charge in [-0.3, -0.25) is 9.78 Å². The highest BCUT2D eigenvalue weighted by molar-refractivity contribution is 5.93. The van der Waals surface area contributed by atoms with Crippen molar-refractivity contribution < 1.29 is 9.32 Å². The molecule has 1 fully saturated rings. The maximum Gasteiger partial charge on any atom is 0.219 e. The van der Waals surface area contributed by atoms with Crippen molar-refractivity contribution in [2.24, 2.45) is 0 Å². The molecule has 30 heavy (non-hydrogen) atoms. The SMILES string of the molecule is CC(=O)N1CCCC(c2nc(Nc3ccon3)cc(-c3cncc4[nH]ccc34)n2)C1. The van der Waals surface area contributed by atoms with Gasteiger partial charge < -0.3 is 19.7 Å². The molecular weight excluding hydrogens is 382 g/mol. The van der Waals surface area contributed by atoms with Gasteiger partial charge in [-0.05, 0) is 18.9 Å². The van der Waals surface area contributed by atoms with Gasteiger partial charge in [-0.15, -0.1) is 0 Å². The standard InChI is InChI=1S/C21H21N7O2/c1-13(29)28-7-2-3-14(12-28)21-24-17(9-20(26-21)25-19-5-8-30-27-19)16-10-22-11-18-15(16)4-6-23-18/h4-6,8-11,14,23H,2-3,7,12H2,1H3,(H,24,25,26,27). The molecule has 0 saturated carbocycles. The fourth-order valence-corrected chi connectivity index (χ4v) is 3.92. The molecule has 9 nitrogen and oxygen atoms in total. The minimum atomic E-state index is 0.0684. The van der Waals surface area contributed by atoms with Crippen molar-refractivity contribution in [2.45, 2.75) is 25.7 Å². The van der Waals surface area contributed by atoms with Crippen LogP contribution in [0.1, 0.15) is 31.5 Å². The Labute approximate surface area is 172 Å². The second-order valence-electron chi connectivity index (χ2n) is 7.44. The lowest BCUT2D eigenvalue weighted by Gasteiger charge is -2.31. The van der Waals surface area contributed by atoms with Crippen LogP contribution in [0.15, 0.2) is 47.6 Å². The van der Waals surface area contributed by atoms with E-state index in [4.69, 9.17) is 14.5 Å². The summed E-state index contributed by atoms with van der Waals surface area (Å²) in [6, 6.07) is 5.62. The Morgan fingerprint density at radius 1 is 1.27 bits per heavy atom. The minimum Gasteiger partial charge on any atom is -0.363 e. The molecule has 0 aromatic carbocycles. The van der Waals surface area contributed by atoms with Gasteiger partial charge in [0.2, 0.25) is 5.91 Å². The summed E-state index contributed by atoms with van der Waals surface area (Å²) in [7, 11) is 0. The number of nitrogens with one attached hydrogen (secondary N) is 2. The smallest absolute Gasteiger partial charge is 0.219 e. The third-order valence-electron chi connectivity index (χ3n) is 5.42. The molecule has 1 atom stereocenters. The van der Waals surface area contributed by atoms with Gasteiger partial charge in [0.05, 0.1) is 17.4 Å². The Balaban J connectivity index is 1.59. The van der Waals surface area contributed by atoms with Gasteiger partial charge in [-0.25, -0.2) is 9.97 Å². The number of fused-ring (bicyclic) bond motifs is 1. The van der Waals surface area contributed by atoms with Gasteiger partial charge in [0, 0.05) is 61.4 Å².